The molecule has 0 aliphatic carbocycles. The van der Waals surface area contributed by atoms with E-state index in [1.54, 1.807) is 19.4 Å². The lowest BCUT2D eigenvalue weighted by molar-refractivity contribution is 0.198. The zero-order valence-electron chi connectivity index (χ0n) is 14.0. The second-order valence-electron chi connectivity index (χ2n) is 6.05. The van der Waals surface area contributed by atoms with Crippen LogP contribution in [0.15, 0.2) is 35.2 Å². The predicted octanol–water partition coefficient (Wildman–Crippen LogP) is 2.74. The first-order valence-corrected chi connectivity index (χ1v) is 8.86. The minimum Gasteiger partial charge on any atom is -0.481 e. The first kappa shape index (κ1) is 17.1. The first-order valence-electron chi connectivity index (χ1n) is 8.07. The van der Waals surface area contributed by atoms with Crippen molar-refractivity contribution in [2.75, 3.05) is 32.1 Å². The average Bonchev–Trinajstić information content (AvgIpc) is 2.61. The van der Waals surface area contributed by atoms with Gasteiger partial charge in [0.2, 0.25) is 11.8 Å². The fourth-order valence-corrected chi connectivity index (χ4v) is 3.48. The number of halogens is 1. The average molecular weight is 392 g/mol. The van der Waals surface area contributed by atoms with Crippen molar-refractivity contribution in [3.8, 4) is 5.88 Å². The summed E-state index contributed by atoms with van der Waals surface area (Å²) in [6, 6.07) is 4.29. The molecule has 0 aromatic carbocycles. The second kappa shape index (κ2) is 7.90. The number of ether oxygens (including phenoxy) is 1. The van der Waals surface area contributed by atoms with Crippen molar-refractivity contribution in [2.24, 2.45) is 0 Å². The monoisotopic (exact) mass is 391 g/mol. The minimum absolute atomic E-state index is 0.394. The van der Waals surface area contributed by atoms with Gasteiger partial charge in [0.1, 0.15) is 0 Å². The SMILES string of the molecule is COc1ccnc(N(C)C2CCCN(Cc3cncc(Br)c3)C2)n1. The van der Waals surface area contributed by atoms with Gasteiger partial charge < -0.3 is 9.64 Å². The van der Waals surface area contributed by atoms with E-state index in [1.165, 1.54) is 12.0 Å². The van der Waals surface area contributed by atoms with Crippen LogP contribution in [0.1, 0.15) is 18.4 Å². The van der Waals surface area contributed by atoms with Crippen LogP contribution in [0.5, 0.6) is 5.88 Å². The highest BCUT2D eigenvalue weighted by molar-refractivity contribution is 9.10. The zero-order chi connectivity index (χ0) is 16.9. The van der Waals surface area contributed by atoms with Crippen molar-refractivity contribution in [2.45, 2.75) is 25.4 Å². The van der Waals surface area contributed by atoms with Gasteiger partial charge >= 0.3 is 0 Å². The maximum atomic E-state index is 5.20. The Morgan fingerprint density at radius 2 is 2.29 bits per heavy atom. The number of hydrogen-bond acceptors (Lipinski definition) is 6. The second-order valence-corrected chi connectivity index (χ2v) is 6.97. The Bertz CT molecular complexity index is 684. The van der Waals surface area contributed by atoms with Gasteiger partial charge in [-0.25, -0.2) is 4.98 Å². The van der Waals surface area contributed by atoms with Crippen LogP contribution in [0, 0.1) is 0 Å². The van der Waals surface area contributed by atoms with E-state index in [0.717, 1.165) is 30.5 Å². The van der Waals surface area contributed by atoms with Gasteiger partial charge in [0.05, 0.1) is 7.11 Å². The molecular weight excluding hydrogens is 370 g/mol. The van der Waals surface area contributed by atoms with Gasteiger partial charge in [-0.3, -0.25) is 9.88 Å². The number of hydrogen-bond donors (Lipinski definition) is 0. The lowest BCUT2D eigenvalue weighted by atomic mass is 10.0. The van der Waals surface area contributed by atoms with Gasteiger partial charge in [-0.15, -0.1) is 0 Å². The molecule has 1 aliphatic rings. The van der Waals surface area contributed by atoms with Crippen molar-refractivity contribution in [3.05, 3.63) is 40.8 Å². The fraction of sp³-hybridized carbons (Fsp3) is 0.471. The molecule has 0 radical (unpaired) electrons. The molecule has 1 atom stereocenters. The van der Waals surface area contributed by atoms with Gasteiger partial charge in [-0.1, -0.05) is 0 Å². The smallest absolute Gasteiger partial charge is 0.228 e. The number of nitrogens with zero attached hydrogens (tertiary/aromatic N) is 5. The number of piperidine rings is 1. The highest BCUT2D eigenvalue weighted by Crippen LogP contribution is 2.21. The van der Waals surface area contributed by atoms with E-state index in [0.29, 0.717) is 17.9 Å². The molecule has 1 unspecified atom stereocenters. The summed E-state index contributed by atoms with van der Waals surface area (Å²) in [4.78, 5) is 17.7. The van der Waals surface area contributed by atoms with Crippen LogP contribution in [0.2, 0.25) is 0 Å². The third-order valence-corrected chi connectivity index (χ3v) is 4.77. The highest BCUT2D eigenvalue weighted by atomic mass is 79.9. The lowest BCUT2D eigenvalue weighted by Crippen LogP contribution is -2.46. The van der Waals surface area contributed by atoms with E-state index in [1.807, 2.05) is 12.4 Å². The van der Waals surface area contributed by atoms with Crippen LogP contribution in [0.4, 0.5) is 5.95 Å². The molecule has 7 heteroatoms. The van der Waals surface area contributed by atoms with Crippen molar-refractivity contribution in [1.29, 1.82) is 0 Å². The Morgan fingerprint density at radius 1 is 1.42 bits per heavy atom. The molecule has 1 aliphatic heterocycles. The first-order chi connectivity index (χ1) is 11.7. The molecule has 0 bridgehead atoms. The van der Waals surface area contributed by atoms with Crippen LogP contribution in [0.25, 0.3) is 0 Å². The molecule has 1 saturated heterocycles. The molecule has 3 heterocycles. The maximum absolute atomic E-state index is 5.20. The van der Waals surface area contributed by atoms with Gasteiger partial charge in [0.15, 0.2) is 0 Å². The van der Waals surface area contributed by atoms with E-state index in [4.69, 9.17) is 4.74 Å². The Hall–Kier alpha value is -1.73. The number of aromatic nitrogens is 3. The number of anilines is 1. The molecule has 0 N–H and O–H groups in total. The van der Waals surface area contributed by atoms with Crippen LogP contribution in [-0.2, 0) is 6.54 Å². The molecule has 0 saturated carbocycles. The Morgan fingerprint density at radius 3 is 3.08 bits per heavy atom. The molecule has 6 nitrogen and oxygen atoms in total. The summed E-state index contributed by atoms with van der Waals surface area (Å²) in [5.41, 5.74) is 1.23. The quantitative estimate of drug-likeness (QED) is 0.780. The Kier molecular flexibility index (Phi) is 5.63. The highest BCUT2D eigenvalue weighted by Gasteiger charge is 2.25. The predicted molar refractivity (Wildman–Crippen MR) is 97.2 cm³/mol. The van der Waals surface area contributed by atoms with Crippen LogP contribution >= 0.6 is 15.9 Å². The summed E-state index contributed by atoms with van der Waals surface area (Å²) in [5.74, 6) is 1.31. The van der Waals surface area contributed by atoms with Gasteiger partial charge in [-0.2, -0.15) is 4.98 Å². The van der Waals surface area contributed by atoms with E-state index >= 15 is 0 Å². The van der Waals surface area contributed by atoms with Gasteiger partial charge in [0, 0.05) is 55.3 Å². The molecule has 1 fully saturated rings. The molecular formula is C17H22BrN5O. The van der Waals surface area contributed by atoms with Crippen molar-refractivity contribution < 1.29 is 4.74 Å². The van der Waals surface area contributed by atoms with E-state index < -0.39 is 0 Å². The van der Waals surface area contributed by atoms with Gasteiger partial charge in [0.25, 0.3) is 0 Å². The van der Waals surface area contributed by atoms with Crippen molar-refractivity contribution >= 4 is 21.9 Å². The number of pyridine rings is 1. The number of likely N-dealkylation sites (N-methyl/N-ethyl adjacent to an activating group) is 1. The summed E-state index contributed by atoms with van der Waals surface area (Å²) in [6.45, 7) is 3.01. The molecule has 24 heavy (non-hydrogen) atoms. The third kappa shape index (κ3) is 4.21. The summed E-state index contributed by atoms with van der Waals surface area (Å²) >= 11 is 3.49. The largest absolute Gasteiger partial charge is 0.481 e. The molecule has 0 spiro atoms. The normalized spacial score (nSPS) is 18.4. The molecule has 3 rings (SSSR count). The summed E-state index contributed by atoms with van der Waals surface area (Å²) < 4.78 is 6.23. The van der Waals surface area contributed by atoms with Crippen molar-refractivity contribution in [3.63, 3.8) is 0 Å². The summed E-state index contributed by atoms with van der Waals surface area (Å²) in [7, 11) is 3.68. The van der Waals surface area contributed by atoms with Crippen LogP contribution in [0.3, 0.4) is 0 Å². The summed E-state index contributed by atoms with van der Waals surface area (Å²) in [6.07, 6.45) is 7.80. The number of rotatable bonds is 5. The topological polar surface area (TPSA) is 54.4 Å². The third-order valence-electron chi connectivity index (χ3n) is 4.34. The molecule has 0 amide bonds. The standard InChI is InChI=1S/C17H22BrN5O/c1-22(17-20-6-5-16(21-17)24-2)15-4-3-7-23(12-15)11-13-8-14(18)10-19-9-13/h5-6,8-10,15H,3-4,7,11-12H2,1-2H3. The minimum atomic E-state index is 0.394. The summed E-state index contributed by atoms with van der Waals surface area (Å²) in [5, 5.41) is 0. The zero-order valence-corrected chi connectivity index (χ0v) is 15.6. The van der Waals surface area contributed by atoms with Crippen LogP contribution < -0.4 is 9.64 Å². The lowest BCUT2D eigenvalue weighted by Gasteiger charge is -2.37. The maximum Gasteiger partial charge on any atom is 0.228 e. The number of likely N-dealkylation sites (tertiary alicyclic amines) is 1. The molecule has 128 valence electrons. The van der Waals surface area contributed by atoms with E-state index in [-0.39, 0.29) is 0 Å². The van der Waals surface area contributed by atoms with Crippen molar-refractivity contribution in [1.82, 2.24) is 19.9 Å². The Balaban J connectivity index is 1.66. The molecule has 2 aromatic heterocycles. The Labute approximate surface area is 151 Å². The molecule has 2 aromatic rings. The van der Waals surface area contributed by atoms with E-state index in [9.17, 15) is 0 Å². The fourth-order valence-electron chi connectivity index (χ4n) is 3.07. The van der Waals surface area contributed by atoms with E-state index in [2.05, 4.69) is 53.8 Å². The van der Waals surface area contributed by atoms with Crippen LogP contribution in [-0.4, -0.2) is 53.1 Å². The van der Waals surface area contributed by atoms with Gasteiger partial charge in [-0.05, 0) is 46.9 Å². The number of methoxy groups -OCH3 is 1.